The van der Waals surface area contributed by atoms with Crippen molar-refractivity contribution >= 4 is 31.5 Å². The van der Waals surface area contributed by atoms with Crippen LogP contribution in [0.3, 0.4) is 0 Å². The van der Waals surface area contributed by atoms with E-state index < -0.39 is 14.8 Å². The van der Waals surface area contributed by atoms with E-state index in [1.807, 2.05) is 36.4 Å². The Bertz CT molecular complexity index is 1020. The second kappa shape index (κ2) is 11.2. The summed E-state index contributed by atoms with van der Waals surface area (Å²) in [7, 11) is 1.03. The molecule has 0 bridgehead atoms. The Hall–Kier alpha value is -3.45. The average molecular weight is 447 g/mol. The second-order valence-corrected chi connectivity index (χ2v) is 10.3. The van der Waals surface area contributed by atoms with Crippen LogP contribution >= 0.6 is 0 Å². The van der Waals surface area contributed by atoms with E-state index in [1.54, 1.807) is 43.8 Å². The van der Waals surface area contributed by atoms with Gasteiger partial charge in [-0.3, -0.25) is 14.6 Å². The summed E-state index contributed by atoms with van der Waals surface area (Å²) < 4.78 is 5.21. The molecule has 0 fully saturated rings. The average Bonchev–Trinajstić information content (AvgIpc) is 2.82. The van der Waals surface area contributed by atoms with Crippen LogP contribution in [0, 0.1) is 0 Å². The topological polar surface area (TPSA) is 80.3 Å². The van der Waals surface area contributed by atoms with Gasteiger partial charge in [0.1, 0.15) is 11.8 Å². The first-order valence-corrected chi connectivity index (χ1v) is 13.0. The Balaban J connectivity index is 1.73. The first-order chi connectivity index (χ1) is 15.5. The lowest BCUT2D eigenvalue weighted by Crippen LogP contribution is -2.37. The number of aryl methyl sites for hydroxylation is 1. The van der Waals surface area contributed by atoms with Crippen molar-refractivity contribution < 1.29 is 14.3 Å². The number of carbonyl (C=O) groups excluding carboxylic acids is 2. The highest BCUT2D eigenvalue weighted by atomic mass is 28.3. The predicted molar refractivity (Wildman–Crippen MR) is 129 cm³/mol. The summed E-state index contributed by atoms with van der Waals surface area (Å²) in [4.78, 5) is 29.9. The van der Waals surface area contributed by atoms with E-state index in [0.717, 1.165) is 5.56 Å². The van der Waals surface area contributed by atoms with E-state index in [0.29, 0.717) is 23.4 Å². The number of amides is 2. The number of nitrogens with zero attached hydrogens (tertiary/aromatic N) is 1. The summed E-state index contributed by atoms with van der Waals surface area (Å²) >= 11 is 0. The van der Waals surface area contributed by atoms with Crippen LogP contribution in [0.2, 0.25) is 13.1 Å². The summed E-state index contributed by atoms with van der Waals surface area (Å²) in [5, 5.41) is 7.11. The summed E-state index contributed by atoms with van der Waals surface area (Å²) in [5.74, 6) is 0.184. The Morgan fingerprint density at radius 3 is 2.34 bits per heavy atom. The third-order valence-electron chi connectivity index (χ3n) is 5.11. The van der Waals surface area contributed by atoms with Gasteiger partial charge in [-0.2, -0.15) is 0 Å². The minimum Gasteiger partial charge on any atom is -0.497 e. The van der Waals surface area contributed by atoms with Gasteiger partial charge >= 0.3 is 0 Å². The Kier molecular flexibility index (Phi) is 8.16. The van der Waals surface area contributed by atoms with Gasteiger partial charge in [0.2, 0.25) is 5.91 Å². The second-order valence-electron chi connectivity index (χ2n) is 7.70. The molecule has 1 heterocycles. The highest BCUT2D eigenvalue weighted by Gasteiger charge is 2.23. The van der Waals surface area contributed by atoms with Gasteiger partial charge in [0.25, 0.3) is 5.91 Å². The van der Waals surface area contributed by atoms with E-state index in [9.17, 15) is 9.59 Å². The van der Waals surface area contributed by atoms with Crippen LogP contribution in [-0.2, 0) is 16.0 Å². The van der Waals surface area contributed by atoms with Crippen LogP contribution in [0.1, 0.15) is 23.6 Å². The quantitative estimate of drug-likeness (QED) is 0.493. The van der Waals surface area contributed by atoms with Crippen molar-refractivity contribution in [2.24, 2.45) is 0 Å². The summed E-state index contributed by atoms with van der Waals surface area (Å²) in [6.45, 7) is 4.44. The molecule has 0 saturated heterocycles. The van der Waals surface area contributed by atoms with Gasteiger partial charge in [-0.05, 0) is 47.9 Å². The Morgan fingerprint density at radius 1 is 1.03 bits per heavy atom. The van der Waals surface area contributed by atoms with E-state index in [-0.39, 0.29) is 18.2 Å². The van der Waals surface area contributed by atoms with E-state index in [1.165, 1.54) is 5.19 Å². The fourth-order valence-corrected chi connectivity index (χ4v) is 4.07. The van der Waals surface area contributed by atoms with Gasteiger partial charge in [-0.15, -0.1) is 0 Å². The number of hydrogen-bond acceptors (Lipinski definition) is 4. The molecule has 32 heavy (non-hydrogen) atoms. The van der Waals surface area contributed by atoms with E-state index >= 15 is 0 Å². The van der Waals surface area contributed by atoms with Gasteiger partial charge < -0.3 is 15.4 Å². The van der Waals surface area contributed by atoms with Gasteiger partial charge in [0.05, 0.1) is 15.9 Å². The molecule has 2 aromatic carbocycles. The van der Waals surface area contributed by atoms with Crippen molar-refractivity contribution in [1.82, 2.24) is 10.3 Å². The van der Waals surface area contributed by atoms with Crippen molar-refractivity contribution in [2.45, 2.75) is 32.0 Å². The summed E-state index contributed by atoms with van der Waals surface area (Å²) in [6, 6.07) is 18.0. The van der Waals surface area contributed by atoms with Crippen LogP contribution < -0.4 is 20.6 Å². The van der Waals surface area contributed by atoms with Crippen molar-refractivity contribution in [3.8, 4) is 5.75 Å². The van der Waals surface area contributed by atoms with Crippen molar-refractivity contribution in [3.63, 3.8) is 0 Å². The van der Waals surface area contributed by atoms with Crippen LogP contribution in [0.15, 0.2) is 73.1 Å². The molecule has 165 valence electrons. The number of aromatic nitrogens is 1. The zero-order chi connectivity index (χ0) is 22.9. The minimum atomic E-state index is -0.820. The third kappa shape index (κ3) is 6.52. The lowest BCUT2D eigenvalue weighted by atomic mass is 10.0. The van der Waals surface area contributed by atoms with Gasteiger partial charge in [0.15, 0.2) is 0 Å². The molecule has 1 radical (unpaired) electrons. The van der Waals surface area contributed by atoms with Crippen LogP contribution in [0.5, 0.6) is 5.75 Å². The molecule has 0 aliphatic heterocycles. The number of ether oxygens (including phenoxy) is 1. The van der Waals surface area contributed by atoms with Gasteiger partial charge in [-0.25, -0.2) is 0 Å². The minimum absolute atomic E-state index is 0.204. The summed E-state index contributed by atoms with van der Waals surface area (Å²) in [5.41, 5.74) is 2.35. The third-order valence-corrected chi connectivity index (χ3v) is 6.60. The number of benzene rings is 2. The van der Waals surface area contributed by atoms with Gasteiger partial charge in [-0.1, -0.05) is 48.6 Å². The molecule has 2 N–H and O–H groups in total. The molecular formula is C25H28N3O3Si. The summed E-state index contributed by atoms with van der Waals surface area (Å²) in [6.07, 6.45) is 4.25. The largest absolute Gasteiger partial charge is 0.497 e. The smallest absolute Gasteiger partial charge is 0.251 e. The van der Waals surface area contributed by atoms with Gasteiger partial charge in [0, 0.05) is 24.5 Å². The molecule has 3 aromatic rings. The first-order valence-electron chi connectivity index (χ1n) is 10.5. The number of pyridine rings is 1. The molecular weight excluding hydrogens is 418 g/mol. The Morgan fingerprint density at radius 2 is 1.75 bits per heavy atom. The number of methoxy groups -OCH3 is 1. The molecule has 2 amide bonds. The molecule has 0 aliphatic rings. The number of rotatable bonds is 9. The molecule has 1 aromatic heterocycles. The number of hydrogen-bond donors (Lipinski definition) is 2. The lowest BCUT2D eigenvalue weighted by molar-refractivity contribution is -0.126. The number of anilines is 1. The number of carbonyl (C=O) groups is 2. The molecule has 6 nitrogen and oxygen atoms in total. The van der Waals surface area contributed by atoms with Crippen LogP contribution in [-0.4, -0.2) is 32.7 Å². The SMILES string of the molecule is COc1ccc(C(NC(=O)CCc2cccnc2)C(=O)Nc2ccc([Si](C)C)cc2)cc1. The van der Waals surface area contributed by atoms with Crippen molar-refractivity contribution in [2.75, 3.05) is 12.4 Å². The maximum Gasteiger partial charge on any atom is 0.251 e. The van der Waals surface area contributed by atoms with Crippen molar-refractivity contribution in [3.05, 3.63) is 84.2 Å². The molecule has 0 spiro atoms. The van der Waals surface area contributed by atoms with Crippen molar-refractivity contribution in [1.29, 1.82) is 0 Å². The first kappa shape index (κ1) is 23.2. The molecule has 1 unspecified atom stereocenters. The zero-order valence-corrected chi connectivity index (χ0v) is 19.6. The number of nitrogens with one attached hydrogen (secondary N) is 2. The van der Waals surface area contributed by atoms with Crippen LogP contribution in [0.4, 0.5) is 5.69 Å². The standard InChI is InChI=1S/C25H28N3O3Si/c1-31-21-11-7-19(8-12-21)24(28-23(29)15-6-18-5-4-16-26-17-18)25(30)27-20-9-13-22(14-10-20)32(2)3/h4-5,7-14,16-17,24H,6,15H2,1-3H3,(H,27,30)(H,28,29). The van der Waals surface area contributed by atoms with Crippen LogP contribution in [0.25, 0.3) is 0 Å². The molecule has 1 atom stereocenters. The predicted octanol–water partition coefficient (Wildman–Crippen LogP) is 3.48. The molecule has 0 saturated carbocycles. The highest BCUT2D eigenvalue weighted by Crippen LogP contribution is 2.20. The monoisotopic (exact) mass is 446 g/mol. The molecule has 7 heteroatoms. The maximum absolute atomic E-state index is 13.1. The maximum atomic E-state index is 13.1. The highest BCUT2D eigenvalue weighted by molar-refractivity contribution is 6.70. The van der Waals surface area contributed by atoms with E-state index in [4.69, 9.17) is 4.74 Å². The fraction of sp³-hybridized carbons (Fsp3) is 0.240. The molecule has 3 rings (SSSR count). The fourth-order valence-electron chi connectivity index (χ4n) is 3.23. The Labute approximate surface area is 190 Å². The normalized spacial score (nSPS) is 11.6. The van der Waals surface area contributed by atoms with E-state index in [2.05, 4.69) is 28.7 Å². The lowest BCUT2D eigenvalue weighted by Gasteiger charge is -2.19. The molecule has 0 aliphatic carbocycles. The zero-order valence-electron chi connectivity index (χ0n) is 18.6.